The van der Waals surface area contributed by atoms with Crippen LogP contribution < -0.4 is 5.90 Å². The van der Waals surface area contributed by atoms with Gasteiger partial charge in [-0.25, -0.2) is 5.90 Å². The maximum atomic E-state index is 10.4. The monoisotopic (exact) mass is 371 g/mol. The average molecular weight is 371 g/mol. The molecular formula is C13H25NO11. The van der Waals surface area contributed by atoms with Crippen LogP contribution in [0.1, 0.15) is 0 Å². The molecular weight excluding hydrogens is 346 g/mol. The van der Waals surface area contributed by atoms with Crippen molar-refractivity contribution in [3.63, 3.8) is 0 Å². The molecule has 10 atom stereocenters. The van der Waals surface area contributed by atoms with E-state index in [0.29, 0.717) is 0 Å². The van der Waals surface area contributed by atoms with Gasteiger partial charge in [0.25, 0.3) is 0 Å². The zero-order valence-corrected chi connectivity index (χ0v) is 13.5. The Bertz CT molecular complexity index is 411. The summed E-state index contributed by atoms with van der Waals surface area (Å²) in [5.74, 6) is 5.01. The first kappa shape index (κ1) is 20.8. The molecule has 2 saturated heterocycles. The van der Waals surface area contributed by atoms with Crippen molar-refractivity contribution >= 4 is 0 Å². The summed E-state index contributed by atoms with van der Waals surface area (Å²) in [5.41, 5.74) is 0. The van der Waals surface area contributed by atoms with Gasteiger partial charge in [-0.2, -0.15) is 0 Å². The van der Waals surface area contributed by atoms with Gasteiger partial charge in [0.15, 0.2) is 12.6 Å². The zero-order chi connectivity index (χ0) is 18.7. The van der Waals surface area contributed by atoms with E-state index >= 15 is 0 Å². The van der Waals surface area contributed by atoms with Crippen LogP contribution in [0.5, 0.6) is 0 Å². The molecule has 0 radical (unpaired) electrons. The summed E-state index contributed by atoms with van der Waals surface area (Å²) < 4.78 is 20.9. The maximum absolute atomic E-state index is 10.4. The van der Waals surface area contributed by atoms with Crippen molar-refractivity contribution < 1.29 is 54.4 Å². The molecule has 0 aromatic heterocycles. The second-order valence-electron chi connectivity index (χ2n) is 5.89. The molecule has 0 spiro atoms. The summed E-state index contributed by atoms with van der Waals surface area (Å²) in [6, 6.07) is 0. The fraction of sp³-hybridized carbons (Fsp3) is 1.00. The fourth-order valence-corrected chi connectivity index (χ4v) is 2.90. The lowest BCUT2D eigenvalue weighted by Gasteiger charge is -2.45. The molecule has 0 saturated carbocycles. The van der Waals surface area contributed by atoms with Gasteiger partial charge in [0.05, 0.1) is 13.2 Å². The SMILES string of the molecule is CO[C@@H]1[C@@H](O)[C@H](O[C@H]2O[C@H](CO)[C@@H](O)[C@H](O)[C@H]2O)[C@@H](CON)O[C@H]1O. The normalized spacial score (nSPS) is 48.5. The van der Waals surface area contributed by atoms with Crippen molar-refractivity contribution in [3.05, 3.63) is 0 Å². The summed E-state index contributed by atoms with van der Waals surface area (Å²) in [7, 11) is 1.24. The molecule has 0 unspecified atom stereocenters. The molecule has 0 amide bonds. The molecule has 25 heavy (non-hydrogen) atoms. The topological polar surface area (TPSA) is 194 Å². The van der Waals surface area contributed by atoms with Gasteiger partial charge in [-0.15, -0.1) is 0 Å². The highest BCUT2D eigenvalue weighted by molar-refractivity contribution is 4.94. The van der Waals surface area contributed by atoms with Gasteiger partial charge in [0.1, 0.15) is 48.8 Å². The number of hydrogen-bond acceptors (Lipinski definition) is 12. The van der Waals surface area contributed by atoms with E-state index in [9.17, 15) is 30.6 Å². The Labute approximate surface area is 143 Å². The maximum Gasteiger partial charge on any atom is 0.187 e. The van der Waals surface area contributed by atoms with Crippen LogP contribution in [0.3, 0.4) is 0 Å². The van der Waals surface area contributed by atoms with Crippen molar-refractivity contribution in [2.75, 3.05) is 20.3 Å². The van der Waals surface area contributed by atoms with Crippen LogP contribution in [0.15, 0.2) is 0 Å². The number of nitrogens with two attached hydrogens (primary N) is 1. The van der Waals surface area contributed by atoms with Crippen molar-refractivity contribution in [3.8, 4) is 0 Å². The van der Waals surface area contributed by atoms with E-state index in [2.05, 4.69) is 4.84 Å². The van der Waals surface area contributed by atoms with E-state index in [1.807, 2.05) is 0 Å². The summed E-state index contributed by atoms with van der Waals surface area (Å²) in [4.78, 5) is 4.47. The average Bonchev–Trinajstić information content (AvgIpc) is 2.58. The largest absolute Gasteiger partial charge is 0.394 e. The number of hydrogen-bond donors (Lipinski definition) is 7. The first-order valence-corrected chi connectivity index (χ1v) is 7.67. The second-order valence-corrected chi connectivity index (χ2v) is 5.89. The number of rotatable bonds is 6. The van der Waals surface area contributed by atoms with Gasteiger partial charge >= 0.3 is 0 Å². The van der Waals surface area contributed by atoms with Gasteiger partial charge in [-0.3, -0.25) is 0 Å². The van der Waals surface area contributed by atoms with Crippen molar-refractivity contribution in [2.45, 2.75) is 61.4 Å². The van der Waals surface area contributed by atoms with E-state index in [0.717, 1.165) is 0 Å². The van der Waals surface area contributed by atoms with Crippen molar-refractivity contribution in [1.82, 2.24) is 0 Å². The lowest BCUT2D eigenvalue weighted by Crippen LogP contribution is -2.64. The lowest BCUT2D eigenvalue weighted by molar-refractivity contribution is -0.357. The molecule has 0 aromatic carbocycles. The smallest absolute Gasteiger partial charge is 0.187 e. The Morgan fingerprint density at radius 3 is 2.12 bits per heavy atom. The van der Waals surface area contributed by atoms with Crippen molar-refractivity contribution in [1.29, 1.82) is 0 Å². The predicted molar refractivity (Wildman–Crippen MR) is 76.5 cm³/mol. The zero-order valence-electron chi connectivity index (χ0n) is 13.5. The number of aliphatic hydroxyl groups excluding tert-OH is 6. The number of ether oxygens (including phenoxy) is 4. The molecule has 12 heteroatoms. The van der Waals surface area contributed by atoms with Gasteiger partial charge in [-0.1, -0.05) is 0 Å². The summed E-state index contributed by atoms with van der Waals surface area (Å²) >= 11 is 0. The quantitative estimate of drug-likeness (QED) is 0.220. The minimum atomic E-state index is -1.67. The second kappa shape index (κ2) is 8.94. The highest BCUT2D eigenvalue weighted by Crippen LogP contribution is 2.29. The number of methoxy groups -OCH3 is 1. The standard InChI is InChI=1S/C13H25NO11/c1-21-11-9(19)10(5(3-22-14)23-12(11)20)25-13-8(18)7(17)6(16)4(2-15)24-13/h4-13,15-20H,2-3,14H2,1H3/t4-,5-,6-,7+,8-,9+,10-,11-,12-,13-/m1/s1. The van der Waals surface area contributed by atoms with Gasteiger partial charge in [0, 0.05) is 7.11 Å². The lowest BCUT2D eigenvalue weighted by atomic mass is 9.97. The third-order valence-electron chi connectivity index (χ3n) is 4.31. The van der Waals surface area contributed by atoms with Crippen LogP contribution in [0, 0.1) is 0 Å². The minimum absolute atomic E-state index is 0.271. The Morgan fingerprint density at radius 2 is 1.56 bits per heavy atom. The molecule has 8 N–H and O–H groups in total. The van der Waals surface area contributed by atoms with Gasteiger partial charge in [-0.05, 0) is 0 Å². The Kier molecular flexibility index (Phi) is 7.45. The molecule has 0 aliphatic carbocycles. The molecule has 2 heterocycles. The molecule has 2 rings (SSSR count). The summed E-state index contributed by atoms with van der Waals surface area (Å²) in [5, 5.41) is 59.0. The van der Waals surface area contributed by atoms with E-state index < -0.39 is 68.0 Å². The highest BCUT2D eigenvalue weighted by atomic mass is 16.7. The molecule has 2 aliphatic heterocycles. The Balaban J connectivity index is 2.15. The molecule has 12 nitrogen and oxygen atoms in total. The molecule has 0 aromatic rings. The third-order valence-corrected chi connectivity index (χ3v) is 4.31. The third kappa shape index (κ3) is 4.27. The van der Waals surface area contributed by atoms with Crippen LogP contribution in [-0.4, -0.2) is 112 Å². The summed E-state index contributed by atoms with van der Waals surface area (Å²) in [6.07, 6.45) is -13.9. The fourth-order valence-electron chi connectivity index (χ4n) is 2.90. The van der Waals surface area contributed by atoms with E-state index in [4.69, 9.17) is 24.8 Å². The minimum Gasteiger partial charge on any atom is -0.394 e. The van der Waals surface area contributed by atoms with E-state index in [1.165, 1.54) is 7.11 Å². The van der Waals surface area contributed by atoms with Crippen LogP contribution >= 0.6 is 0 Å². The predicted octanol–water partition coefficient (Wildman–Crippen LogP) is -4.85. The van der Waals surface area contributed by atoms with Gasteiger partial charge < -0.3 is 54.4 Å². The van der Waals surface area contributed by atoms with Crippen LogP contribution in [0.25, 0.3) is 0 Å². The summed E-state index contributed by atoms with van der Waals surface area (Å²) in [6.45, 7) is -0.907. The highest BCUT2D eigenvalue weighted by Gasteiger charge is 2.50. The first-order chi connectivity index (χ1) is 11.8. The van der Waals surface area contributed by atoms with Crippen LogP contribution in [-0.2, 0) is 23.8 Å². The molecule has 2 aliphatic rings. The van der Waals surface area contributed by atoms with E-state index in [-0.39, 0.29) is 6.61 Å². The molecule has 0 bridgehead atoms. The Morgan fingerprint density at radius 1 is 0.880 bits per heavy atom. The molecule has 148 valence electrons. The number of aliphatic hydroxyl groups is 6. The van der Waals surface area contributed by atoms with Crippen molar-refractivity contribution in [2.24, 2.45) is 5.90 Å². The Hall–Kier alpha value is -0.480. The van der Waals surface area contributed by atoms with Gasteiger partial charge in [0.2, 0.25) is 0 Å². The van der Waals surface area contributed by atoms with Crippen LogP contribution in [0.2, 0.25) is 0 Å². The first-order valence-electron chi connectivity index (χ1n) is 7.67. The van der Waals surface area contributed by atoms with Crippen LogP contribution in [0.4, 0.5) is 0 Å². The molecule has 2 fully saturated rings. The van der Waals surface area contributed by atoms with E-state index in [1.54, 1.807) is 0 Å².